The number of aromatic carboxylic acids is 1. The molecule has 5 nitrogen and oxygen atoms in total. The van der Waals surface area contributed by atoms with Gasteiger partial charge in [-0.25, -0.2) is 9.78 Å². The third-order valence-corrected chi connectivity index (χ3v) is 4.72. The van der Waals surface area contributed by atoms with Crippen molar-refractivity contribution in [3.8, 4) is 0 Å². The van der Waals surface area contributed by atoms with Crippen LogP contribution >= 0.6 is 0 Å². The van der Waals surface area contributed by atoms with Crippen LogP contribution in [0.2, 0.25) is 0 Å². The predicted octanol–water partition coefficient (Wildman–Crippen LogP) is 3.25. The summed E-state index contributed by atoms with van der Waals surface area (Å²) in [6.45, 7) is 2.58. The molecule has 0 bridgehead atoms. The zero-order chi connectivity index (χ0) is 16.5. The number of H-pyrrole nitrogens is 1. The van der Waals surface area contributed by atoms with Crippen molar-refractivity contribution >= 4 is 17.0 Å². The van der Waals surface area contributed by atoms with Crippen LogP contribution in [0.3, 0.4) is 0 Å². The minimum atomic E-state index is -0.846. The zero-order valence-corrected chi connectivity index (χ0v) is 13.3. The first-order valence-electron chi connectivity index (χ1n) is 8.19. The fourth-order valence-electron chi connectivity index (χ4n) is 3.57. The number of hydrogen-bond acceptors (Lipinski definition) is 3. The maximum absolute atomic E-state index is 11.4. The third kappa shape index (κ3) is 2.78. The maximum Gasteiger partial charge on any atom is 0.335 e. The van der Waals surface area contributed by atoms with E-state index in [1.165, 1.54) is 0 Å². The molecule has 2 N–H and O–H groups in total. The van der Waals surface area contributed by atoms with E-state index in [-0.39, 0.29) is 5.92 Å². The molecule has 1 atom stereocenters. The van der Waals surface area contributed by atoms with Crippen LogP contribution in [0.5, 0.6) is 0 Å². The van der Waals surface area contributed by atoms with Gasteiger partial charge in [0.05, 0.1) is 23.1 Å². The van der Waals surface area contributed by atoms with E-state index in [9.17, 15) is 9.90 Å². The van der Waals surface area contributed by atoms with E-state index in [2.05, 4.69) is 14.9 Å². The van der Waals surface area contributed by atoms with Crippen molar-refractivity contribution in [2.24, 2.45) is 0 Å². The van der Waals surface area contributed by atoms with Crippen molar-refractivity contribution in [2.45, 2.75) is 18.9 Å². The molecule has 0 spiro atoms. The number of hydrogen-bond donors (Lipinski definition) is 2. The Morgan fingerprint density at radius 3 is 2.83 bits per heavy atom. The van der Waals surface area contributed by atoms with Crippen LogP contribution in [0.1, 0.15) is 34.1 Å². The van der Waals surface area contributed by atoms with E-state index in [1.54, 1.807) is 12.1 Å². The van der Waals surface area contributed by atoms with Gasteiger partial charge in [-0.15, -0.1) is 0 Å². The Bertz CT molecular complexity index is 854. The van der Waals surface area contributed by atoms with Gasteiger partial charge in [0.1, 0.15) is 5.82 Å². The molecule has 122 valence electrons. The summed E-state index contributed by atoms with van der Waals surface area (Å²) >= 11 is 0. The van der Waals surface area contributed by atoms with Gasteiger partial charge < -0.3 is 10.1 Å². The standard InChI is InChI=1S/C19H19N3O2/c23-19(24)15-6-2-1-5-14(15)13-9-10-22(11-13)12-18-20-16-7-3-4-8-17(16)21-18/h1-8,13H,9-12H2,(H,20,21)(H,23,24). The highest BCUT2D eigenvalue weighted by Gasteiger charge is 2.27. The fourth-order valence-corrected chi connectivity index (χ4v) is 3.57. The van der Waals surface area contributed by atoms with Crippen LogP contribution in [-0.2, 0) is 6.54 Å². The Hall–Kier alpha value is -2.66. The largest absolute Gasteiger partial charge is 0.478 e. The Morgan fingerprint density at radius 2 is 2.00 bits per heavy atom. The number of carboxylic acid groups (broad SMARTS) is 1. The lowest BCUT2D eigenvalue weighted by molar-refractivity contribution is 0.0695. The van der Waals surface area contributed by atoms with E-state index in [0.29, 0.717) is 5.56 Å². The summed E-state index contributed by atoms with van der Waals surface area (Å²) in [7, 11) is 0. The summed E-state index contributed by atoms with van der Waals surface area (Å²) in [6.07, 6.45) is 0.977. The molecule has 1 fully saturated rings. The minimum Gasteiger partial charge on any atom is -0.478 e. The number of imidazole rings is 1. The molecule has 0 radical (unpaired) electrons. The average molecular weight is 321 g/mol. The molecule has 2 aromatic carbocycles. The van der Waals surface area contributed by atoms with Crippen LogP contribution in [0.4, 0.5) is 0 Å². The molecule has 5 heteroatoms. The lowest BCUT2D eigenvalue weighted by Gasteiger charge is -2.16. The first-order valence-corrected chi connectivity index (χ1v) is 8.19. The van der Waals surface area contributed by atoms with E-state index >= 15 is 0 Å². The smallest absolute Gasteiger partial charge is 0.335 e. The fraction of sp³-hybridized carbons (Fsp3) is 0.263. The summed E-state index contributed by atoms with van der Waals surface area (Å²) in [5.41, 5.74) is 3.41. The second-order valence-electron chi connectivity index (χ2n) is 6.31. The molecule has 2 heterocycles. The van der Waals surface area contributed by atoms with Gasteiger partial charge >= 0.3 is 5.97 Å². The molecule has 1 aromatic heterocycles. The summed E-state index contributed by atoms with van der Waals surface area (Å²) < 4.78 is 0. The van der Waals surface area contributed by atoms with Gasteiger partial charge in [-0.3, -0.25) is 4.90 Å². The van der Waals surface area contributed by atoms with Gasteiger partial charge in [0.2, 0.25) is 0 Å². The van der Waals surface area contributed by atoms with Crippen LogP contribution < -0.4 is 0 Å². The van der Waals surface area contributed by atoms with Crippen LogP contribution in [-0.4, -0.2) is 39.0 Å². The number of fused-ring (bicyclic) bond motifs is 1. The van der Waals surface area contributed by atoms with E-state index < -0.39 is 5.97 Å². The molecule has 1 saturated heterocycles. The van der Waals surface area contributed by atoms with Crippen molar-refractivity contribution in [3.05, 3.63) is 65.5 Å². The monoisotopic (exact) mass is 321 g/mol. The number of rotatable bonds is 4. The number of carboxylic acids is 1. The van der Waals surface area contributed by atoms with Crippen LogP contribution in [0.25, 0.3) is 11.0 Å². The molecule has 1 aliphatic rings. The first kappa shape index (κ1) is 14.9. The number of likely N-dealkylation sites (tertiary alicyclic amines) is 1. The SMILES string of the molecule is O=C(O)c1ccccc1C1CCN(Cc2nc3ccccc3[nH]2)C1. The van der Waals surface area contributed by atoms with Crippen molar-refractivity contribution < 1.29 is 9.90 Å². The number of nitrogens with one attached hydrogen (secondary N) is 1. The maximum atomic E-state index is 11.4. The van der Waals surface area contributed by atoms with Gasteiger partial charge in [0, 0.05) is 6.54 Å². The Morgan fingerprint density at radius 1 is 1.21 bits per heavy atom. The predicted molar refractivity (Wildman–Crippen MR) is 92.1 cm³/mol. The zero-order valence-electron chi connectivity index (χ0n) is 13.3. The number of para-hydroxylation sites is 2. The van der Waals surface area contributed by atoms with Gasteiger partial charge in [0.15, 0.2) is 0 Å². The van der Waals surface area contributed by atoms with Crippen molar-refractivity contribution in [2.75, 3.05) is 13.1 Å². The summed E-state index contributed by atoms with van der Waals surface area (Å²) in [5, 5.41) is 9.38. The van der Waals surface area contributed by atoms with Crippen molar-refractivity contribution in [1.82, 2.24) is 14.9 Å². The lowest BCUT2D eigenvalue weighted by atomic mass is 9.93. The quantitative estimate of drug-likeness (QED) is 0.774. The Balaban J connectivity index is 1.49. The molecule has 1 aliphatic heterocycles. The first-order chi connectivity index (χ1) is 11.7. The third-order valence-electron chi connectivity index (χ3n) is 4.72. The molecule has 0 amide bonds. The normalized spacial score (nSPS) is 18.2. The molecule has 24 heavy (non-hydrogen) atoms. The molecule has 4 rings (SSSR count). The molecular formula is C19H19N3O2. The summed E-state index contributed by atoms with van der Waals surface area (Å²) in [6, 6.07) is 15.4. The average Bonchev–Trinajstić information content (AvgIpc) is 3.21. The number of aromatic amines is 1. The molecular weight excluding hydrogens is 302 g/mol. The number of aromatic nitrogens is 2. The van der Waals surface area contributed by atoms with Gasteiger partial charge in [-0.05, 0) is 42.6 Å². The topological polar surface area (TPSA) is 69.2 Å². The van der Waals surface area contributed by atoms with E-state index in [1.807, 2.05) is 36.4 Å². The molecule has 0 aliphatic carbocycles. The van der Waals surface area contributed by atoms with Gasteiger partial charge in [-0.1, -0.05) is 30.3 Å². The second-order valence-corrected chi connectivity index (χ2v) is 6.31. The van der Waals surface area contributed by atoms with Crippen LogP contribution in [0.15, 0.2) is 48.5 Å². The summed E-state index contributed by atoms with van der Waals surface area (Å²) in [5.74, 6) is 0.381. The number of carbonyl (C=O) groups is 1. The van der Waals surface area contributed by atoms with Gasteiger partial charge in [-0.2, -0.15) is 0 Å². The number of nitrogens with zero attached hydrogens (tertiary/aromatic N) is 2. The van der Waals surface area contributed by atoms with E-state index in [4.69, 9.17) is 0 Å². The highest BCUT2D eigenvalue weighted by atomic mass is 16.4. The van der Waals surface area contributed by atoms with Gasteiger partial charge in [0.25, 0.3) is 0 Å². The molecule has 3 aromatic rings. The Kier molecular flexibility index (Phi) is 3.78. The lowest BCUT2D eigenvalue weighted by Crippen LogP contribution is -2.21. The van der Waals surface area contributed by atoms with E-state index in [0.717, 1.165) is 48.5 Å². The van der Waals surface area contributed by atoms with Crippen molar-refractivity contribution in [1.29, 1.82) is 0 Å². The molecule has 1 unspecified atom stereocenters. The highest BCUT2D eigenvalue weighted by Crippen LogP contribution is 2.30. The molecule has 0 saturated carbocycles. The highest BCUT2D eigenvalue weighted by molar-refractivity contribution is 5.89. The summed E-state index contributed by atoms with van der Waals surface area (Å²) in [4.78, 5) is 21.7. The van der Waals surface area contributed by atoms with Crippen LogP contribution in [0, 0.1) is 0 Å². The Labute approximate surface area is 139 Å². The van der Waals surface area contributed by atoms with Crippen molar-refractivity contribution in [3.63, 3.8) is 0 Å². The number of benzene rings is 2. The second kappa shape index (κ2) is 6.09. The minimum absolute atomic E-state index is 0.265.